The summed E-state index contributed by atoms with van der Waals surface area (Å²) in [6.45, 7) is 5.94. The summed E-state index contributed by atoms with van der Waals surface area (Å²) >= 11 is 3.20. The van der Waals surface area contributed by atoms with Gasteiger partial charge in [-0.25, -0.2) is 4.98 Å². The van der Waals surface area contributed by atoms with Crippen LogP contribution in [0, 0.1) is 20.8 Å². The zero-order valence-corrected chi connectivity index (χ0v) is 14.9. The van der Waals surface area contributed by atoms with Gasteiger partial charge < -0.3 is 4.74 Å². The van der Waals surface area contributed by atoms with E-state index >= 15 is 0 Å². The number of rotatable bonds is 4. The van der Waals surface area contributed by atoms with Gasteiger partial charge in [-0.3, -0.25) is 4.79 Å². The fraction of sp³-hybridized carbons (Fsp3) is 0.222. The summed E-state index contributed by atoms with van der Waals surface area (Å²) in [7, 11) is 0. The molecule has 1 aromatic carbocycles. The number of hydrogen-bond donors (Lipinski definition) is 0. The van der Waals surface area contributed by atoms with Crippen molar-refractivity contribution in [1.82, 2.24) is 4.98 Å². The predicted octanol–water partition coefficient (Wildman–Crippen LogP) is 4.94. The van der Waals surface area contributed by atoms with Gasteiger partial charge in [0.1, 0.15) is 10.8 Å². The Hall–Kier alpha value is -1.98. The molecule has 0 amide bonds. The Morgan fingerprint density at radius 2 is 1.91 bits per heavy atom. The van der Waals surface area contributed by atoms with Gasteiger partial charge in [0.2, 0.25) is 0 Å². The summed E-state index contributed by atoms with van der Waals surface area (Å²) in [6.07, 6.45) is 0.189. The van der Waals surface area contributed by atoms with E-state index in [1.165, 1.54) is 0 Å². The van der Waals surface area contributed by atoms with Gasteiger partial charge in [-0.2, -0.15) is 0 Å². The van der Waals surface area contributed by atoms with Gasteiger partial charge in [0.25, 0.3) is 0 Å². The Morgan fingerprint density at radius 3 is 2.65 bits per heavy atom. The van der Waals surface area contributed by atoms with Gasteiger partial charge >= 0.3 is 5.97 Å². The van der Waals surface area contributed by atoms with E-state index in [0.717, 1.165) is 32.3 Å². The second kappa shape index (κ2) is 6.64. The maximum Gasteiger partial charge on any atom is 0.317 e. The van der Waals surface area contributed by atoms with Gasteiger partial charge in [-0.1, -0.05) is 18.2 Å². The van der Waals surface area contributed by atoms with Crippen LogP contribution < -0.4 is 4.74 Å². The third kappa shape index (κ3) is 3.51. The van der Waals surface area contributed by atoms with E-state index in [2.05, 4.69) is 4.98 Å². The summed E-state index contributed by atoms with van der Waals surface area (Å²) in [5.41, 5.74) is 3.85. The van der Waals surface area contributed by atoms with E-state index in [4.69, 9.17) is 4.74 Å². The van der Waals surface area contributed by atoms with Crippen molar-refractivity contribution in [3.8, 4) is 15.6 Å². The number of aromatic nitrogens is 1. The molecule has 0 aliphatic carbocycles. The topological polar surface area (TPSA) is 39.2 Å². The minimum Gasteiger partial charge on any atom is -0.426 e. The number of hydrogen-bond acceptors (Lipinski definition) is 5. The van der Waals surface area contributed by atoms with Crippen molar-refractivity contribution in [2.24, 2.45) is 0 Å². The average Bonchev–Trinajstić information content (AvgIpc) is 3.18. The lowest BCUT2D eigenvalue weighted by atomic mass is 10.1. The third-order valence-electron chi connectivity index (χ3n) is 3.70. The molecule has 3 nitrogen and oxygen atoms in total. The van der Waals surface area contributed by atoms with Crippen LogP contribution in [0.15, 0.2) is 35.0 Å². The number of nitrogens with zero attached hydrogens (tertiary/aromatic N) is 1. The molecule has 3 aromatic rings. The van der Waals surface area contributed by atoms with Crippen molar-refractivity contribution in [3.05, 3.63) is 57.4 Å². The molecule has 0 fully saturated rings. The Bertz CT molecular complexity index is 835. The van der Waals surface area contributed by atoms with Crippen LogP contribution in [-0.2, 0) is 11.2 Å². The lowest BCUT2D eigenvalue weighted by Gasteiger charge is -2.12. The Morgan fingerprint density at radius 1 is 1.13 bits per heavy atom. The molecule has 0 atom stereocenters. The fourth-order valence-corrected chi connectivity index (χ4v) is 3.92. The quantitative estimate of drug-likeness (QED) is 0.497. The first-order valence-corrected chi connectivity index (χ1v) is 9.06. The zero-order valence-electron chi connectivity index (χ0n) is 13.3. The maximum atomic E-state index is 12.2. The van der Waals surface area contributed by atoms with Crippen LogP contribution in [0.4, 0.5) is 0 Å². The SMILES string of the molecule is Cc1ccc(C)c(OC(=O)Cc2csc(-c3cccs3)n2)c1C. The molecule has 0 aliphatic rings. The van der Waals surface area contributed by atoms with Gasteiger partial charge in [0, 0.05) is 5.38 Å². The second-order valence-electron chi connectivity index (χ2n) is 5.43. The van der Waals surface area contributed by atoms with Crippen molar-refractivity contribution >= 4 is 28.6 Å². The Balaban J connectivity index is 1.72. The van der Waals surface area contributed by atoms with Gasteiger partial charge in [0.15, 0.2) is 0 Å². The number of carbonyl (C=O) groups excluding carboxylic acids is 1. The van der Waals surface area contributed by atoms with E-state index < -0.39 is 0 Å². The molecule has 0 aliphatic heterocycles. The van der Waals surface area contributed by atoms with Crippen molar-refractivity contribution in [1.29, 1.82) is 0 Å². The highest BCUT2D eigenvalue weighted by Crippen LogP contribution is 2.29. The van der Waals surface area contributed by atoms with Gasteiger partial charge in [-0.05, 0) is 48.9 Å². The van der Waals surface area contributed by atoms with Crippen LogP contribution in [0.2, 0.25) is 0 Å². The van der Waals surface area contributed by atoms with E-state index in [0.29, 0.717) is 5.75 Å². The van der Waals surface area contributed by atoms with Gasteiger partial charge in [-0.15, -0.1) is 22.7 Å². The van der Waals surface area contributed by atoms with Crippen LogP contribution in [0.1, 0.15) is 22.4 Å². The lowest BCUT2D eigenvalue weighted by molar-refractivity contribution is -0.133. The molecule has 3 rings (SSSR count). The monoisotopic (exact) mass is 343 g/mol. The second-order valence-corrected chi connectivity index (χ2v) is 7.23. The minimum atomic E-state index is -0.273. The molecule has 0 unspecified atom stereocenters. The zero-order chi connectivity index (χ0) is 16.4. The number of ether oxygens (including phenoxy) is 1. The molecule has 0 radical (unpaired) electrons. The number of carbonyl (C=O) groups is 1. The Labute approximate surface area is 143 Å². The first-order chi connectivity index (χ1) is 11.0. The predicted molar refractivity (Wildman–Crippen MR) is 95.4 cm³/mol. The van der Waals surface area contributed by atoms with Gasteiger partial charge in [0.05, 0.1) is 17.0 Å². The highest BCUT2D eigenvalue weighted by molar-refractivity contribution is 7.20. The van der Waals surface area contributed by atoms with Crippen molar-refractivity contribution in [2.75, 3.05) is 0 Å². The van der Waals surface area contributed by atoms with Crippen LogP contribution in [0.3, 0.4) is 0 Å². The number of thiophene rings is 1. The summed E-state index contributed by atoms with van der Waals surface area (Å²) in [4.78, 5) is 17.9. The van der Waals surface area contributed by atoms with E-state index in [-0.39, 0.29) is 12.4 Å². The molecule has 0 bridgehead atoms. The molecule has 23 heavy (non-hydrogen) atoms. The molecule has 2 heterocycles. The highest BCUT2D eigenvalue weighted by Gasteiger charge is 2.14. The molecule has 0 spiro atoms. The molecule has 0 N–H and O–H groups in total. The summed E-state index contributed by atoms with van der Waals surface area (Å²) in [5, 5.41) is 4.89. The number of aryl methyl sites for hydroxylation is 2. The highest BCUT2D eigenvalue weighted by atomic mass is 32.1. The van der Waals surface area contributed by atoms with Crippen molar-refractivity contribution < 1.29 is 9.53 Å². The van der Waals surface area contributed by atoms with Crippen LogP contribution in [0.5, 0.6) is 5.75 Å². The van der Waals surface area contributed by atoms with Crippen LogP contribution >= 0.6 is 22.7 Å². The fourth-order valence-electron chi connectivity index (χ4n) is 2.28. The maximum absolute atomic E-state index is 12.2. The standard InChI is InChI=1S/C18H17NO2S2/c1-11-6-7-12(2)17(13(11)3)21-16(20)9-14-10-23-18(19-14)15-5-4-8-22-15/h4-8,10H,9H2,1-3H3. The molecule has 118 valence electrons. The van der Waals surface area contributed by atoms with Crippen molar-refractivity contribution in [2.45, 2.75) is 27.2 Å². The lowest BCUT2D eigenvalue weighted by Crippen LogP contribution is -2.13. The minimum absolute atomic E-state index is 0.189. The van der Waals surface area contributed by atoms with E-state index in [1.807, 2.05) is 55.8 Å². The third-order valence-corrected chi connectivity index (χ3v) is 5.63. The molecule has 5 heteroatoms. The number of thiazole rings is 1. The van der Waals surface area contributed by atoms with E-state index in [9.17, 15) is 4.79 Å². The summed E-state index contributed by atoms with van der Waals surface area (Å²) in [6, 6.07) is 8.04. The summed E-state index contributed by atoms with van der Waals surface area (Å²) in [5.74, 6) is 0.397. The molecular weight excluding hydrogens is 326 g/mol. The normalized spacial score (nSPS) is 10.7. The molecule has 0 saturated heterocycles. The first-order valence-electron chi connectivity index (χ1n) is 7.30. The Kier molecular flexibility index (Phi) is 4.59. The van der Waals surface area contributed by atoms with E-state index in [1.54, 1.807) is 22.7 Å². The average molecular weight is 343 g/mol. The number of benzene rings is 1. The summed E-state index contributed by atoms with van der Waals surface area (Å²) < 4.78 is 5.59. The molecule has 2 aromatic heterocycles. The number of esters is 1. The van der Waals surface area contributed by atoms with Crippen LogP contribution in [0.25, 0.3) is 9.88 Å². The largest absolute Gasteiger partial charge is 0.426 e. The molecule has 0 saturated carbocycles. The van der Waals surface area contributed by atoms with Crippen LogP contribution in [-0.4, -0.2) is 11.0 Å². The smallest absolute Gasteiger partial charge is 0.317 e. The first kappa shape index (κ1) is 15.9. The van der Waals surface area contributed by atoms with Crippen molar-refractivity contribution in [3.63, 3.8) is 0 Å². The molecular formula is C18H17NO2S2.